The maximum Gasteiger partial charge on any atom is 0.168 e. The van der Waals surface area contributed by atoms with Crippen LogP contribution in [0.5, 0.6) is 0 Å². The molecule has 82 valence electrons. The molecule has 1 unspecified atom stereocenters. The first kappa shape index (κ1) is 10.4. The first-order valence-electron chi connectivity index (χ1n) is 5.77. The Balaban J connectivity index is 1.80. The van der Waals surface area contributed by atoms with Gasteiger partial charge in [-0.1, -0.05) is 6.42 Å². The summed E-state index contributed by atoms with van der Waals surface area (Å²) in [6.07, 6.45) is 7.86. The predicted octanol–water partition coefficient (Wildman–Crippen LogP) is 1.83. The molecule has 0 radical (unpaired) electrons. The van der Waals surface area contributed by atoms with Gasteiger partial charge in [0.05, 0.1) is 12.7 Å². The van der Waals surface area contributed by atoms with Crippen LogP contribution >= 0.6 is 0 Å². The van der Waals surface area contributed by atoms with Gasteiger partial charge in [0.2, 0.25) is 0 Å². The second-order valence-electron chi connectivity index (χ2n) is 4.39. The zero-order valence-electron chi connectivity index (χ0n) is 8.71. The molecule has 1 aliphatic heterocycles. The molecule has 0 aromatic rings. The Kier molecular flexibility index (Phi) is 3.42. The summed E-state index contributed by atoms with van der Waals surface area (Å²) in [5, 5.41) is 8.73. The second kappa shape index (κ2) is 4.60. The maximum atomic E-state index is 8.73. The first-order chi connectivity index (χ1) is 6.85. The van der Waals surface area contributed by atoms with Gasteiger partial charge < -0.3 is 14.6 Å². The third kappa shape index (κ3) is 2.27. The highest BCUT2D eigenvalue weighted by atomic mass is 16.7. The molecule has 1 spiro atoms. The predicted molar refractivity (Wildman–Crippen MR) is 53.0 cm³/mol. The van der Waals surface area contributed by atoms with E-state index in [1.165, 1.54) is 19.3 Å². The zero-order valence-corrected chi connectivity index (χ0v) is 8.71. The van der Waals surface area contributed by atoms with E-state index < -0.39 is 0 Å². The van der Waals surface area contributed by atoms with Crippen molar-refractivity contribution in [3.8, 4) is 0 Å². The van der Waals surface area contributed by atoms with Crippen LogP contribution in [0.1, 0.15) is 44.9 Å². The Bertz CT molecular complexity index is 175. The lowest BCUT2D eigenvalue weighted by Crippen LogP contribution is -2.33. The van der Waals surface area contributed by atoms with E-state index in [1.54, 1.807) is 0 Å². The third-order valence-electron chi connectivity index (χ3n) is 3.21. The van der Waals surface area contributed by atoms with Crippen LogP contribution in [0.2, 0.25) is 0 Å². The molecule has 0 bridgehead atoms. The molecule has 1 heterocycles. The molecule has 1 N–H and O–H groups in total. The summed E-state index contributed by atoms with van der Waals surface area (Å²) in [7, 11) is 0. The molecule has 1 saturated carbocycles. The van der Waals surface area contributed by atoms with E-state index in [2.05, 4.69) is 0 Å². The number of aliphatic hydroxyl groups is 1. The van der Waals surface area contributed by atoms with Crippen LogP contribution in [0.4, 0.5) is 0 Å². The Morgan fingerprint density at radius 2 is 2.00 bits per heavy atom. The standard InChI is InChI=1S/C11H20O3/c12-8-4-5-10-9-13-11(14-10)6-2-1-3-7-11/h10,12H,1-9H2. The van der Waals surface area contributed by atoms with Gasteiger partial charge in [0.15, 0.2) is 5.79 Å². The molecular weight excluding hydrogens is 180 g/mol. The highest BCUT2D eigenvalue weighted by Gasteiger charge is 2.41. The molecule has 0 aromatic heterocycles. The number of rotatable bonds is 3. The van der Waals surface area contributed by atoms with Crippen molar-refractivity contribution in [2.24, 2.45) is 0 Å². The van der Waals surface area contributed by atoms with Gasteiger partial charge >= 0.3 is 0 Å². The van der Waals surface area contributed by atoms with Gasteiger partial charge in [-0.25, -0.2) is 0 Å². The van der Waals surface area contributed by atoms with Crippen molar-refractivity contribution < 1.29 is 14.6 Å². The summed E-state index contributed by atoms with van der Waals surface area (Å²) in [6.45, 7) is 0.979. The lowest BCUT2D eigenvalue weighted by Gasteiger charge is -2.31. The highest BCUT2D eigenvalue weighted by molar-refractivity contribution is 4.82. The topological polar surface area (TPSA) is 38.7 Å². The van der Waals surface area contributed by atoms with Gasteiger partial charge in [-0.2, -0.15) is 0 Å². The van der Waals surface area contributed by atoms with Crippen molar-refractivity contribution in [2.45, 2.75) is 56.8 Å². The van der Waals surface area contributed by atoms with E-state index in [-0.39, 0.29) is 18.5 Å². The van der Waals surface area contributed by atoms with Crippen LogP contribution in [0.3, 0.4) is 0 Å². The molecule has 3 heteroatoms. The second-order valence-corrected chi connectivity index (χ2v) is 4.39. The summed E-state index contributed by atoms with van der Waals surface area (Å²) < 4.78 is 11.7. The van der Waals surface area contributed by atoms with Gasteiger partial charge in [0.1, 0.15) is 0 Å². The minimum atomic E-state index is -0.238. The molecule has 14 heavy (non-hydrogen) atoms. The van der Waals surface area contributed by atoms with Crippen molar-refractivity contribution in [1.82, 2.24) is 0 Å². The van der Waals surface area contributed by atoms with E-state index in [0.717, 1.165) is 32.3 Å². The molecular formula is C11H20O3. The smallest absolute Gasteiger partial charge is 0.168 e. The minimum Gasteiger partial charge on any atom is -0.396 e. The van der Waals surface area contributed by atoms with Crippen LogP contribution in [-0.2, 0) is 9.47 Å². The molecule has 3 nitrogen and oxygen atoms in total. The Morgan fingerprint density at radius 3 is 2.71 bits per heavy atom. The molecule has 1 aliphatic carbocycles. The van der Waals surface area contributed by atoms with Crippen molar-refractivity contribution in [1.29, 1.82) is 0 Å². The number of aliphatic hydroxyl groups excluding tert-OH is 1. The van der Waals surface area contributed by atoms with Crippen LogP contribution in [0, 0.1) is 0 Å². The Labute approximate surface area is 85.4 Å². The first-order valence-corrected chi connectivity index (χ1v) is 5.77. The quantitative estimate of drug-likeness (QED) is 0.755. The number of hydrogen-bond acceptors (Lipinski definition) is 3. The average molecular weight is 200 g/mol. The lowest BCUT2D eigenvalue weighted by atomic mass is 9.94. The van der Waals surface area contributed by atoms with Gasteiger partial charge in [-0.05, 0) is 25.7 Å². The fraction of sp³-hybridized carbons (Fsp3) is 1.00. The van der Waals surface area contributed by atoms with Crippen molar-refractivity contribution in [3.05, 3.63) is 0 Å². The summed E-state index contributed by atoms with van der Waals surface area (Å²) in [5.41, 5.74) is 0. The Hall–Kier alpha value is -0.120. The van der Waals surface area contributed by atoms with Crippen LogP contribution < -0.4 is 0 Å². The molecule has 0 amide bonds. The summed E-state index contributed by atoms with van der Waals surface area (Å²) >= 11 is 0. The van der Waals surface area contributed by atoms with Gasteiger partial charge in [-0.3, -0.25) is 0 Å². The summed E-state index contributed by atoms with van der Waals surface area (Å²) in [4.78, 5) is 0. The van der Waals surface area contributed by atoms with Crippen LogP contribution in [-0.4, -0.2) is 30.2 Å². The molecule has 0 aromatic carbocycles. The molecule has 2 fully saturated rings. The van der Waals surface area contributed by atoms with Gasteiger partial charge in [0.25, 0.3) is 0 Å². The fourth-order valence-corrected chi connectivity index (χ4v) is 2.43. The molecule has 1 atom stereocenters. The number of hydrogen-bond donors (Lipinski definition) is 1. The van der Waals surface area contributed by atoms with Crippen LogP contribution in [0.15, 0.2) is 0 Å². The largest absolute Gasteiger partial charge is 0.396 e. The van der Waals surface area contributed by atoms with E-state index in [9.17, 15) is 0 Å². The average Bonchev–Trinajstić information content (AvgIpc) is 2.60. The fourth-order valence-electron chi connectivity index (χ4n) is 2.43. The van der Waals surface area contributed by atoms with Crippen molar-refractivity contribution >= 4 is 0 Å². The Morgan fingerprint density at radius 1 is 1.21 bits per heavy atom. The normalized spacial score (nSPS) is 31.1. The molecule has 1 saturated heterocycles. The van der Waals surface area contributed by atoms with E-state index in [1.807, 2.05) is 0 Å². The summed E-state index contributed by atoms with van der Waals surface area (Å²) in [5.74, 6) is -0.238. The molecule has 2 aliphatic rings. The maximum absolute atomic E-state index is 8.73. The third-order valence-corrected chi connectivity index (χ3v) is 3.21. The van der Waals surface area contributed by atoms with E-state index in [4.69, 9.17) is 14.6 Å². The van der Waals surface area contributed by atoms with Gasteiger partial charge in [-0.15, -0.1) is 0 Å². The highest BCUT2D eigenvalue weighted by Crippen LogP contribution is 2.38. The van der Waals surface area contributed by atoms with E-state index >= 15 is 0 Å². The van der Waals surface area contributed by atoms with E-state index in [0.29, 0.717) is 0 Å². The number of ether oxygens (including phenoxy) is 2. The van der Waals surface area contributed by atoms with Crippen LogP contribution in [0.25, 0.3) is 0 Å². The summed E-state index contributed by atoms with van der Waals surface area (Å²) in [6, 6.07) is 0. The lowest BCUT2D eigenvalue weighted by molar-refractivity contribution is -0.187. The monoisotopic (exact) mass is 200 g/mol. The SMILES string of the molecule is OCCCC1COC2(CCCCC2)O1. The van der Waals surface area contributed by atoms with Crippen molar-refractivity contribution in [2.75, 3.05) is 13.2 Å². The van der Waals surface area contributed by atoms with Gasteiger partial charge in [0, 0.05) is 19.4 Å². The molecule has 2 rings (SSSR count). The minimum absolute atomic E-state index is 0.222. The zero-order chi connectivity index (χ0) is 9.86. The van der Waals surface area contributed by atoms with Crippen molar-refractivity contribution in [3.63, 3.8) is 0 Å².